The summed E-state index contributed by atoms with van der Waals surface area (Å²) in [6.07, 6.45) is 0. The number of aromatic nitrogens is 6. The zero-order valence-electron chi connectivity index (χ0n) is 29.4. The first-order valence-electron chi connectivity index (χ1n) is 18.0. The Hall–Kier alpha value is -7.22. The maximum absolute atomic E-state index is 5.03. The molecule has 10 aromatic rings. The Morgan fingerprint density at radius 1 is 0.273 bits per heavy atom. The monoisotopic (exact) mass is 722 g/mol. The van der Waals surface area contributed by atoms with Crippen molar-refractivity contribution >= 4 is 31.5 Å². The predicted molar refractivity (Wildman–Crippen MR) is 224 cm³/mol. The minimum atomic E-state index is 0.635. The third kappa shape index (κ3) is 6.33. The van der Waals surface area contributed by atoms with Crippen LogP contribution in [0.4, 0.5) is 0 Å². The van der Waals surface area contributed by atoms with E-state index in [9.17, 15) is 0 Å². The minimum Gasteiger partial charge on any atom is -0.208 e. The highest BCUT2D eigenvalue weighted by Crippen LogP contribution is 2.41. The third-order valence-electron chi connectivity index (χ3n) is 9.61. The van der Waals surface area contributed by atoms with Gasteiger partial charge >= 0.3 is 0 Å². The van der Waals surface area contributed by atoms with E-state index in [1.807, 2.05) is 121 Å². The van der Waals surface area contributed by atoms with E-state index in [2.05, 4.69) is 60.7 Å². The van der Waals surface area contributed by atoms with Crippen molar-refractivity contribution < 1.29 is 0 Å². The first kappa shape index (κ1) is 32.4. The van der Waals surface area contributed by atoms with Crippen molar-refractivity contribution in [1.29, 1.82) is 0 Å². The molecule has 0 saturated carbocycles. The molecule has 0 spiro atoms. The normalized spacial score (nSPS) is 11.3. The maximum Gasteiger partial charge on any atom is 0.165 e. The molecule has 0 radical (unpaired) electrons. The smallest absolute Gasteiger partial charge is 0.165 e. The van der Waals surface area contributed by atoms with Crippen molar-refractivity contribution in [2.24, 2.45) is 0 Å². The molecule has 0 unspecified atom stereocenters. The molecule has 0 fully saturated rings. The van der Waals surface area contributed by atoms with Crippen LogP contribution in [0.15, 0.2) is 182 Å². The molecular weight excluding hydrogens is 693 g/mol. The van der Waals surface area contributed by atoms with Gasteiger partial charge in [-0.1, -0.05) is 170 Å². The topological polar surface area (TPSA) is 77.3 Å². The Kier molecular flexibility index (Phi) is 8.24. The molecule has 0 N–H and O–H groups in total. The van der Waals surface area contributed by atoms with Crippen LogP contribution < -0.4 is 0 Å². The summed E-state index contributed by atoms with van der Waals surface area (Å²) in [6.45, 7) is 0. The molecule has 0 amide bonds. The number of benzene rings is 7. The lowest BCUT2D eigenvalue weighted by Crippen LogP contribution is -2.00. The maximum atomic E-state index is 5.03. The second kappa shape index (κ2) is 14.0. The highest BCUT2D eigenvalue weighted by Gasteiger charge is 2.17. The number of rotatable bonds is 7. The van der Waals surface area contributed by atoms with Gasteiger partial charge in [-0.3, -0.25) is 0 Å². The lowest BCUT2D eigenvalue weighted by molar-refractivity contribution is 1.07. The van der Waals surface area contributed by atoms with Crippen LogP contribution in [0.1, 0.15) is 0 Å². The Labute approximate surface area is 321 Å². The van der Waals surface area contributed by atoms with Crippen LogP contribution in [0.25, 0.3) is 99.6 Å². The lowest BCUT2D eigenvalue weighted by Gasteiger charge is -2.09. The molecule has 0 aliphatic heterocycles. The highest BCUT2D eigenvalue weighted by atomic mass is 32.1. The van der Waals surface area contributed by atoms with Crippen molar-refractivity contribution in [3.05, 3.63) is 182 Å². The summed E-state index contributed by atoms with van der Waals surface area (Å²) in [7, 11) is 0. The van der Waals surface area contributed by atoms with E-state index >= 15 is 0 Å². The fraction of sp³-hybridized carbons (Fsp3) is 0. The van der Waals surface area contributed by atoms with Crippen LogP contribution >= 0.6 is 11.3 Å². The fourth-order valence-corrected chi connectivity index (χ4v) is 8.08. The van der Waals surface area contributed by atoms with Gasteiger partial charge in [0.2, 0.25) is 0 Å². The molecule has 0 aliphatic carbocycles. The molecule has 55 heavy (non-hydrogen) atoms. The Morgan fingerprint density at radius 3 is 1.11 bits per heavy atom. The quantitative estimate of drug-likeness (QED) is 0.163. The van der Waals surface area contributed by atoms with Gasteiger partial charge in [0.25, 0.3) is 0 Å². The summed E-state index contributed by atoms with van der Waals surface area (Å²) < 4.78 is 2.34. The van der Waals surface area contributed by atoms with Crippen LogP contribution in [-0.4, -0.2) is 29.9 Å². The molecule has 7 aromatic carbocycles. The van der Waals surface area contributed by atoms with Crippen LogP contribution in [0, 0.1) is 0 Å². The van der Waals surface area contributed by atoms with Gasteiger partial charge in [-0.25, -0.2) is 29.9 Å². The zero-order valence-corrected chi connectivity index (χ0v) is 30.2. The number of hydrogen-bond donors (Lipinski definition) is 0. The average molecular weight is 723 g/mol. The summed E-state index contributed by atoms with van der Waals surface area (Å²) in [5, 5.41) is 2.38. The second-order valence-corrected chi connectivity index (χ2v) is 14.2. The first-order chi connectivity index (χ1) is 27.2. The zero-order chi connectivity index (χ0) is 36.6. The fourth-order valence-electron chi connectivity index (χ4n) is 6.83. The Balaban J connectivity index is 1.03. The molecule has 0 bridgehead atoms. The van der Waals surface area contributed by atoms with Gasteiger partial charge in [-0.15, -0.1) is 11.3 Å². The van der Waals surface area contributed by atoms with Crippen LogP contribution in [0.3, 0.4) is 0 Å². The number of nitrogens with zero attached hydrogens (tertiary/aromatic N) is 6. The van der Waals surface area contributed by atoms with E-state index in [1.54, 1.807) is 11.3 Å². The number of thiophene rings is 1. The standard InChI is InChI=1S/C48H30N6S/c1-5-14-32(15-6-1)43-49-44(33-16-7-2-8-17-33)51-47(50-43)36-26-24-31(25-27-36)37-28-29-38-39-22-13-23-40(42(39)55-41(38)30-37)48-53-45(34-18-9-3-10-19-34)52-46(54-48)35-20-11-4-12-21-35/h1-30H. The van der Waals surface area contributed by atoms with E-state index in [4.69, 9.17) is 29.9 Å². The molecule has 6 nitrogen and oxygen atoms in total. The first-order valence-corrected chi connectivity index (χ1v) is 18.9. The van der Waals surface area contributed by atoms with Crippen molar-refractivity contribution in [3.63, 3.8) is 0 Å². The molecular formula is C48H30N6S. The molecule has 3 heterocycles. The average Bonchev–Trinajstić information content (AvgIpc) is 3.66. The largest absolute Gasteiger partial charge is 0.208 e. The van der Waals surface area contributed by atoms with Crippen molar-refractivity contribution in [2.75, 3.05) is 0 Å². The van der Waals surface area contributed by atoms with Gasteiger partial charge in [-0.2, -0.15) is 0 Å². The Morgan fingerprint density at radius 2 is 0.655 bits per heavy atom. The van der Waals surface area contributed by atoms with Crippen LogP contribution in [-0.2, 0) is 0 Å². The molecule has 7 heteroatoms. The second-order valence-electron chi connectivity index (χ2n) is 13.1. The van der Waals surface area contributed by atoms with Crippen molar-refractivity contribution in [3.8, 4) is 79.5 Å². The van der Waals surface area contributed by atoms with E-state index in [-0.39, 0.29) is 0 Å². The molecule has 10 rings (SSSR count). The highest BCUT2D eigenvalue weighted by molar-refractivity contribution is 7.26. The summed E-state index contributed by atoms with van der Waals surface area (Å²) >= 11 is 1.77. The van der Waals surface area contributed by atoms with E-state index in [0.29, 0.717) is 34.9 Å². The summed E-state index contributed by atoms with van der Waals surface area (Å²) in [6, 6.07) is 61.9. The van der Waals surface area contributed by atoms with Crippen LogP contribution in [0.5, 0.6) is 0 Å². The molecule has 0 saturated heterocycles. The minimum absolute atomic E-state index is 0.635. The summed E-state index contributed by atoms with van der Waals surface area (Å²) in [5.74, 6) is 3.89. The summed E-state index contributed by atoms with van der Waals surface area (Å²) in [5.41, 5.74) is 7.96. The molecule has 0 atom stereocenters. The van der Waals surface area contributed by atoms with Gasteiger partial charge in [0, 0.05) is 53.6 Å². The summed E-state index contributed by atoms with van der Waals surface area (Å²) in [4.78, 5) is 29.6. The van der Waals surface area contributed by atoms with Gasteiger partial charge in [0.15, 0.2) is 34.9 Å². The number of hydrogen-bond acceptors (Lipinski definition) is 7. The van der Waals surface area contributed by atoms with Crippen LogP contribution in [0.2, 0.25) is 0 Å². The Bertz CT molecular complexity index is 2840. The van der Waals surface area contributed by atoms with E-state index in [0.717, 1.165) is 49.2 Å². The van der Waals surface area contributed by atoms with E-state index in [1.165, 1.54) is 15.5 Å². The third-order valence-corrected chi connectivity index (χ3v) is 10.8. The molecule has 3 aromatic heterocycles. The van der Waals surface area contributed by atoms with Gasteiger partial charge in [0.1, 0.15) is 0 Å². The molecule has 258 valence electrons. The van der Waals surface area contributed by atoms with Gasteiger partial charge in [-0.05, 0) is 23.3 Å². The lowest BCUT2D eigenvalue weighted by atomic mass is 10.0. The number of fused-ring (bicyclic) bond motifs is 3. The van der Waals surface area contributed by atoms with E-state index < -0.39 is 0 Å². The van der Waals surface area contributed by atoms with Gasteiger partial charge in [0.05, 0.1) is 0 Å². The van der Waals surface area contributed by atoms with Crippen molar-refractivity contribution in [1.82, 2.24) is 29.9 Å². The van der Waals surface area contributed by atoms with Gasteiger partial charge < -0.3 is 0 Å². The van der Waals surface area contributed by atoms with Crippen molar-refractivity contribution in [2.45, 2.75) is 0 Å². The predicted octanol–water partition coefficient (Wildman–Crippen LogP) is 12.1. The molecule has 0 aliphatic rings. The SMILES string of the molecule is c1ccc(-c2nc(-c3ccccc3)nc(-c3ccc(-c4ccc5c(c4)sc4c(-c6nc(-c7ccccc7)nc(-c7ccccc7)n6)cccc45)cc3)n2)cc1.